The highest BCUT2D eigenvalue weighted by atomic mass is 31.2. The van der Waals surface area contributed by atoms with Gasteiger partial charge in [-0.05, 0) is 24.1 Å². The number of carboxylic acids is 2. The monoisotopic (exact) mass is 399 g/mol. The molecule has 0 spiro atoms. The van der Waals surface area contributed by atoms with Crippen LogP contribution >= 0.6 is 7.37 Å². The van der Waals surface area contributed by atoms with Crippen molar-refractivity contribution in [2.75, 3.05) is 12.8 Å². The van der Waals surface area contributed by atoms with Crippen LogP contribution in [0.15, 0.2) is 18.2 Å². The van der Waals surface area contributed by atoms with E-state index in [9.17, 15) is 32.2 Å². The summed E-state index contributed by atoms with van der Waals surface area (Å²) < 4.78 is 55.9. The van der Waals surface area contributed by atoms with Crippen LogP contribution in [-0.2, 0) is 26.5 Å². The fourth-order valence-electron chi connectivity index (χ4n) is 1.99. The first-order chi connectivity index (χ1) is 11.8. The van der Waals surface area contributed by atoms with Crippen LogP contribution in [0.2, 0.25) is 0 Å². The molecule has 0 bridgehead atoms. The largest absolute Gasteiger partial charge is 0.481 e. The first-order valence-corrected chi connectivity index (χ1v) is 9.19. The number of hydrogen-bond donors (Lipinski definition) is 4. The Bertz CT molecular complexity index is 723. The normalized spacial score (nSPS) is 15.1. The number of rotatable bonds is 9. The molecule has 12 heteroatoms. The van der Waals surface area contributed by atoms with Gasteiger partial charge >= 0.3 is 18.1 Å². The molecule has 0 aromatic heterocycles. The molecule has 1 unspecified atom stereocenters. The van der Waals surface area contributed by atoms with Crippen molar-refractivity contribution in [3.05, 3.63) is 29.3 Å². The fourth-order valence-corrected chi connectivity index (χ4v) is 3.60. The first-order valence-electron chi connectivity index (χ1n) is 7.16. The summed E-state index contributed by atoms with van der Waals surface area (Å²) in [6.07, 6.45) is -6.27. The lowest BCUT2D eigenvalue weighted by molar-refractivity contribution is -0.143. The van der Waals surface area contributed by atoms with Crippen molar-refractivity contribution < 1.29 is 47.2 Å². The maximum atomic E-state index is 13.1. The van der Waals surface area contributed by atoms with E-state index in [-0.39, 0.29) is 12.0 Å². The zero-order valence-electron chi connectivity index (χ0n) is 13.3. The Balaban J connectivity index is 2.98. The van der Waals surface area contributed by atoms with Gasteiger partial charge in [-0.15, -0.1) is 0 Å². The van der Waals surface area contributed by atoms with Crippen LogP contribution in [0.1, 0.15) is 17.5 Å². The third-order valence-electron chi connectivity index (χ3n) is 3.24. The van der Waals surface area contributed by atoms with Crippen molar-refractivity contribution in [2.45, 2.75) is 24.8 Å². The van der Waals surface area contributed by atoms with E-state index in [1.807, 2.05) is 0 Å². The summed E-state index contributed by atoms with van der Waals surface area (Å²) in [6.45, 7) is -0.978. The Morgan fingerprint density at radius 3 is 2.38 bits per heavy atom. The van der Waals surface area contributed by atoms with Gasteiger partial charge in [0, 0.05) is 12.3 Å². The molecule has 0 aliphatic carbocycles. The fraction of sp³-hybridized carbons (Fsp3) is 0.429. The molecule has 0 radical (unpaired) electrons. The molecule has 5 N–H and O–H groups in total. The molecule has 0 aliphatic rings. The van der Waals surface area contributed by atoms with E-state index in [0.717, 1.165) is 12.1 Å². The number of hydrogen-bond acceptors (Lipinski definition) is 5. The van der Waals surface area contributed by atoms with Gasteiger partial charge in [0.2, 0.25) is 7.37 Å². The van der Waals surface area contributed by atoms with Crippen LogP contribution in [0.4, 0.5) is 13.2 Å². The Labute approximate surface area is 145 Å². The van der Waals surface area contributed by atoms with Gasteiger partial charge in [0.15, 0.2) is 6.61 Å². The highest BCUT2D eigenvalue weighted by molar-refractivity contribution is 7.57. The lowest BCUT2D eigenvalue weighted by atomic mass is 10.1. The Kier molecular flexibility index (Phi) is 7.19. The van der Waals surface area contributed by atoms with Gasteiger partial charge < -0.3 is 25.6 Å². The minimum Gasteiger partial charge on any atom is -0.481 e. The van der Waals surface area contributed by atoms with E-state index in [4.69, 9.17) is 15.9 Å². The zero-order valence-corrected chi connectivity index (χ0v) is 14.2. The zero-order chi connectivity index (χ0) is 20.1. The summed E-state index contributed by atoms with van der Waals surface area (Å²) in [5.41, 5.74) is 3.82. The molecule has 1 rings (SSSR count). The number of halogens is 3. The van der Waals surface area contributed by atoms with Crippen LogP contribution in [0.3, 0.4) is 0 Å². The van der Waals surface area contributed by atoms with Crippen molar-refractivity contribution in [2.24, 2.45) is 5.73 Å². The molecule has 0 amide bonds. The highest BCUT2D eigenvalue weighted by Crippen LogP contribution is 2.46. The van der Waals surface area contributed by atoms with Crippen LogP contribution in [0.5, 0.6) is 5.75 Å². The maximum absolute atomic E-state index is 13.1. The van der Waals surface area contributed by atoms with Gasteiger partial charge in [0.05, 0.1) is 5.56 Å². The van der Waals surface area contributed by atoms with Crippen LogP contribution in [0, 0.1) is 0 Å². The second-order valence-corrected chi connectivity index (χ2v) is 7.93. The van der Waals surface area contributed by atoms with Gasteiger partial charge in [-0.2, -0.15) is 13.2 Å². The molecule has 0 aliphatic heterocycles. The molecule has 1 aromatic rings. The number of carboxylic acid groups (broad SMARTS) is 2. The smallest absolute Gasteiger partial charge is 0.419 e. The number of nitrogens with two attached hydrogens (primary N) is 1. The molecule has 0 saturated heterocycles. The molecule has 8 nitrogen and oxygen atoms in total. The van der Waals surface area contributed by atoms with Crippen molar-refractivity contribution in [3.8, 4) is 5.75 Å². The Hall–Kier alpha value is -2.10. The summed E-state index contributed by atoms with van der Waals surface area (Å²) in [6, 6.07) is 1.21. The van der Waals surface area contributed by atoms with E-state index in [1.165, 1.54) is 0 Å². The molecular weight excluding hydrogens is 382 g/mol. The van der Waals surface area contributed by atoms with Crippen LogP contribution in [-0.4, -0.2) is 45.9 Å². The minimum absolute atomic E-state index is 0.130. The second kappa shape index (κ2) is 8.52. The number of benzene rings is 1. The molecule has 0 fully saturated rings. The summed E-state index contributed by atoms with van der Waals surface area (Å²) in [5.74, 6) is -3.54. The summed E-state index contributed by atoms with van der Waals surface area (Å²) in [5, 5.41) is 17.1. The molecule has 0 heterocycles. The molecule has 1 aromatic carbocycles. The van der Waals surface area contributed by atoms with Crippen molar-refractivity contribution in [3.63, 3.8) is 0 Å². The van der Waals surface area contributed by atoms with Crippen LogP contribution < -0.4 is 10.5 Å². The van der Waals surface area contributed by atoms with Crippen molar-refractivity contribution in [1.82, 2.24) is 0 Å². The Morgan fingerprint density at radius 2 is 1.88 bits per heavy atom. The molecule has 0 saturated carbocycles. The van der Waals surface area contributed by atoms with Gasteiger partial charge in [0.1, 0.15) is 11.8 Å². The highest BCUT2D eigenvalue weighted by Gasteiger charge is 2.35. The summed E-state index contributed by atoms with van der Waals surface area (Å²) in [4.78, 5) is 30.9. The van der Waals surface area contributed by atoms with E-state index >= 15 is 0 Å². The topological polar surface area (TPSA) is 147 Å². The predicted molar refractivity (Wildman–Crippen MR) is 83.2 cm³/mol. The molecular formula is C14H17F3NO7P. The SMILES string of the molecule is N[C@H](CCP(=O)(O)Cc1ccc(OCC(=O)O)c(C(F)(F)F)c1)C(=O)O. The molecule has 26 heavy (non-hydrogen) atoms. The molecule has 146 valence electrons. The Morgan fingerprint density at radius 1 is 1.27 bits per heavy atom. The summed E-state index contributed by atoms with van der Waals surface area (Å²) in [7, 11) is -3.97. The van der Waals surface area contributed by atoms with E-state index in [0.29, 0.717) is 6.07 Å². The van der Waals surface area contributed by atoms with Crippen molar-refractivity contribution in [1.29, 1.82) is 0 Å². The van der Waals surface area contributed by atoms with Crippen molar-refractivity contribution >= 4 is 19.3 Å². The first kappa shape index (κ1) is 21.9. The predicted octanol–water partition coefficient (Wildman–Crippen LogP) is 1.74. The van der Waals surface area contributed by atoms with E-state index in [1.54, 1.807) is 0 Å². The van der Waals surface area contributed by atoms with Gasteiger partial charge in [-0.25, -0.2) is 4.79 Å². The average molecular weight is 399 g/mol. The lowest BCUT2D eigenvalue weighted by Crippen LogP contribution is -2.30. The third kappa shape index (κ3) is 7.03. The van der Waals surface area contributed by atoms with E-state index < -0.39 is 61.8 Å². The van der Waals surface area contributed by atoms with Gasteiger partial charge in [-0.3, -0.25) is 9.36 Å². The standard InChI is InChI=1S/C14H17F3NO7P/c15-14(16,17)9-5-8(1-2-11(9)25-6-12(19)20)7-26(23,24)4-3-10(18)13(21)22/h1-2,5,10H,3-4,6-7,18H2,(H,19,20)(H,21,22)(H,23,24)/t10-/m1/s1. The van der Waals surface area contributed by atoms with Gasteiger partial charge in [-0.1, -0.05) is 6.07 Å². The number of carbonyl (C=O) groups is 2. The molecule has 2 atom stereocenters. The average Bonchev–Trinajstić information content (AvgIpc) is 2.49. The lowest BCUT2D eigenvalue weighted by Gasteiger charge is -2.17. The summed E-state index contributed by atoms with van der Waals surface area (Å²) >= 11 is 0. The third-order valence-corrected chi connectivity index (χ3v) is 5.05. The number of ether oxygens (including phenoxy) is 1. The van der Waals surface area contributed by atoms with Crippen LogP contribution in [0.25, 0.3) is 0 Å². The van der Waals surface area contributed by atoms with E-state index in [2.05, 4.69) is 4.74 Å². The minimum atomic E-state index is -4.87. The number of aliphatic carboxylic acids is 2. The second-order valence-electron chi connectivity index (χ2n) is 5.47. The van der Waals surface area contributed by atoms with Gasteiger partial charge in [0.25, 0.3) is 0 Å². The quantitative estimate of drug-likeness (QED) is 0.459. The number of alkyl halides is 3. The maximum Gasteiger partial charge on any atom is 0.419 e.